The number of hydrogen-bond acceptors (Lipinski definition) is 2. The molecule has 0 aliphatic heterocycles. The van der Waals surface area contributed by atoms with E-state index >= 15 is 0 Å². The van der Waals surface area contributed by atoms with Gasteiger partial charge in [0.15, 0.2) is 0 Å². The molecule has 0 aliphatic rings. The molecule has 1 rings (SSSR count). The fourth-order valence-corrected chi connectivity index (χ4v) is 2.11. The molecule has 18 heavy (non-hydrogen) atoms. The third-order valence-electron chi connectivity index (χ3n) is 3.09. The van der Waals surface area contributed by atoms with Crippen LogP contribution in [0.3, 0.4) is 0 Å². The molecule has 0 saturated carbocycles. The molecule has 2 heteroatoms. The second-order valence-electron chi connectivity index (χ2n) is 5.27. The molecule has 0 fully saturated rings. The Labute approximate surface area is 112 Å². The second kappa shape index (κ2) is 8.28. The Hall–Kier alpha value is -0.860. The molecule has 1 aromatic rings. The first-order chi connectivity index (χ1) is 8.65. The highest BCUT2D eigenvalue weighted by Crippen LogP contribution is 2.19. The molecule has 1 atom stereocenters. The van der Waals surface area contributed by atoms with Gasteiger partial charge in [0, 0.05) is 19.1 Å². The van der Waals surface area contributed by atoms with Gasteiger partial charge in [0.25, 0.3) is 0 Å². The SMILES string of the molecule is CCOCC(CNCC(C)C)c1ccccc1C. The van der Waals surface area contributed by atoms with Gasteiger partial charge in [-0.25, -0.2) is 0 Å². The Morgan fingerprint density at radius 3 is 2.50 bits per heavy atom. The maximum atomic E-state index is 5.62. The normalized spacial score (nSPS) is 12.9. The van der Waals surface area contributed by atoms with Crippen molar-refractivity contribution in [1.82, 2.24) is 5.32 Å². The summed E-state index contributed by atoms with van der Waals surface area (Å²) in [6, 6.07) is 8.61. The van der Waals surface area contributed by atoms with E-state index in [1.807, 2.05) is 0 Å². The van der Waals surface area contributed by atoms with Crippen LogP contribution in [0.2, 0.25) is 0 Å². The average Bonchev–Trinajstić information content (AvgIpc) is 2.34. The molecule has 0 bridgehead atoms. The lowest BCUT2D eigenvalue weighted by Crippen LogP contribution is -2.28. The first kappa shape index (κ1) is 15.2. The van der Waals surface area contributed by atoms with Crippen molar-refractivity contribution >= 4 is 0 Å². The Morgan fingerprint density at radius 2 is 1.89 bits per heavy atom. The molecular weight excluding hydrogens is 222 g/mol. The van der Waals surface area contributed by atoms with Crippen LogP contribution >= 0.6 is 0 Å². The summed E-state index contributed by atoms with van der Waals surface area (Å²) < 4.78 is 5.62. The number of hydrogen-bond donors (Lipinski definition) is 1. The maximum absolute atomic E-state index is 5.62. The van der Waals surface area contributed by atoms with Gasteiger partial charge >= 0.3 is 0 Å². The highest BCUT2D eigenvalue weighted by Gasteiger charge is 2.13. The van der Waals surface area contributed by atoms with Crippen LogP contribution in [0.5, 0.6) is 0 Å². The average molecular weight is 249 g/mol. The van der Waals surface area contributed by atoms with Crippen molar-refractivity contribution in [3.8, 4) is 0 Å². The van der Waals surface area contributed by atoms with E-state index in [-0.39, 0.29) is 0 Å². The van der Waals surface area contributed by atoms with Crippen molar-refractivity contribution in [2.24, 2.45) is 5.92 Å². The van der Waals surface area contributed by atoms with Gasteiger partial charge in [0.1, 0.15) is 0 Å². The summed E-state index contributed by atoms with van der Waals surface area (Å²) in [5.41, 5.74) is 2.76. The Morgan fingerprint density at radius 1 is 1.17 bits per heavy atom. The maximum Gasteiger partial charge on any atom is 0.0546 e. The Bertz CT molecular complexity index is 336. The molecule has 1 unspecified atom stereocenters. The molecule has 2 nitrogen and oxygen atoms in total. The summed E-state index contributed by atoms with van der Waals surface area (Å²) in [6.45, 7) is 12.3. The number of ether oxygens (including phenoxy) is 1. The highest BCUT2D eigenvalue weighted by atomic mass is 16.5. The lowest BCUT2D eigenvalue weighted by molar-refractivity contribution is 0.131. The lowest BCUT2D eigenvalue weighted by atomic mass is 9.95. The minimum Gasteiger partial charge on any atom is -0.381 e. The van der Waals surface area contributed by atoms with Crippen molar-refractivity contribution in [3.63, 3.8) is 0 Å². The van der Waals surface area contributed by atoms with Crippen molar-refractivity contribution in [1.29, 1.82) is 0 Å². The molecule has 0 spiro atoms. The summed E-state index contributed by atoms with van der Waals surface area (Å²) in [7, 11) is 0. The van der Waals surface area contributed by atoms with Gasteiger partial charge in [-0.2, -0.15) is 0 Å². The first-order valence-corrected chi connectivity index (χ1v) is 6.99. The molecular formula is C16H27NO. The van der Waals surface area contributed by atoms with E-state index in [0.717, 1.165) is 26.3 Å². The van der Waals surface area contributed by atoms with Gasteiger partial charge in [-0.1, -0.05) is 38.1 Å². The molecule has 1 aromatic carbocycles. The second-order valence-corrected chi connectivity index (χ2v) is 5.27. The van der Waals surface area contributed by atoms with Crippen molar-refractivity contribution in [2.75, 3.05) is 26.3 Å². The van der Waals surface area contributed by atoms with E-state index < -0.39 is 0 Å². The van der Waals surface area contributed by atoms with Crippen molar-refractivity contribution in [3.05, 3.63) is 35.4 Å². The lowest BCUT2D eigenvalue weighted by Gasteiger charge is -2.20. The topological polar surface area (TPSA) is 21.3 Å². The van der Waals surface area contributed by atoms with E-state index in [9.17, 15) is 0 Å². The van der Waals surface area contributed by atoms with Crippen LogP contribution in [0.1, 0.15) is 37.8 Å². The third-order valence-corrected chi connectivity index (χ3v) is 3.09. The van der Waals surface area contributed by atoms with Gasteiger partial charge in [0.05, 0.1) is 6.61 Å². The number of rotatable bonds is 8. The summed E-state index contributed by atoms with van der Waals surface area (Å²) in [5.74, 6) is 1.14. The monoisotopic (exact) mass is 249 g/mol. The summed E-state index contributed by atoms with van der Waals surface area (Å²) in [6.07, 6.45) is 0. The molecule has 0 saturated heterocycles. The largest absolute Gasteiger partial charge is 0.381 e. The zero-order valence-electron chi connectivity index (χ0n) is 12.2. The van der Waals surface area contributed by atoms with Gasteiger partial charge in [0.2, 0.25) is 0 Å². The fraction of sp³-hybridized carbons (Fsp3) is 0.625. The molecule has 0 aliphatic carbocycles. The van der Waals surface area contributed by atoms with Gasteiger partial charge < -0.3 is 10.1 Å². The standard InChI is InChI=1S/C16H27NO/c1-5-18-12-15(11-17-10-13(2)3)16-9-7-6-8-14(16)4/h6-9,13,15,17H,5,10-12H2,1-4H3. The highest BCUT2D eigenvalue weighted by molar-refractivity contribution is 5.29. The predicted octanol–water partition coefficient (Wildman–Crippen LogP) is 3.36. The molecule has 0 radical (unpaired) electrons. The molecule has 0 amide bonds. The van der Waals surface area contributed by atoms with Gasteiger partial charge in [-0.05, 0) is 37.4 Å². The van der Waals surface area contributed by atoms with E-state index in [1.165, 1.54) is 11.1 Å². The van der Waals surface area contributed by atoms with Gasteiger partial charge in [-0.3, -0.25) is 0 Å². The molecule has 102 valence electrons. The molecule has 0 aromatic heterocycles. The zero-order valence-corrected chi connectivity index (χ0v) is 12.2. The predicted molar refractivity (Wildman–Crippen MR) is 78.1 cm³/mol. The Kier molecular flexibility index (Phi) is 6.99. The molecule has 1 N–H and O–H groups in total. The smallest absolute Gasteiger partial charge is 0.0546 e. The van der Waals surface area contributed by atoms with Crippen LogP contribution < -0.4 is 5.32 Å². The van der Waals surface area contributed by atoms with Crippen LogP contribution in [0, 0.1) is 12.8 Å². The number of aryl methyl sites for hydroxylation is 1. The van der Waals surface area contributed by atoms with Crippen LogP contribution in [0.4, 0.5) is 0 Å². The Balaban J connectivity index is 2.62. The summed E-state index contributed by atoms with van der Waals surface area (Å²) >= 11 is 0. The summed E-state index contributed by atoms with van der Waals surface area (Å²) in [5, 5.41) is 3.54. The van der Waals surface area contributed by atoms with E-state index in [4.69, 9.17) is 4.74 Å². The minimum atomic E-state index is 0.449. The van der Waals surface area contributed by atoms with Crippen LogP contribution in [-0.2, 0) is 4.74 Å². The fourth-order valence-electron chi connectivity index (χ4n) is 2.11. The third kappa shape index (κ3) is 5.19. The van der Waals surface area contributed by atoms with E-state index in [1.54, 1.807) is 0 Å². The van der Waals surface area contributed by atoms with Crippen molar-refractivity contribution in [2.45, 2.75) is 33.6 Å². The number of benzene rings is 1. The first-order valence-electron chi connectivity index (χ1n) is 6.99. The quantitative estimate of drug-likeness (QED) is 0.763. The zero-order chi connectivity index (χ0) is 13.4. The van der Waals surface area contributed by atoms with Gasteiger partial charge in [-0.15, -0.1) is 0 Å². The van der Waals surface area contributed by atoms with E-state index in [2.05, 4.69) is 57.3 Å². The minimum absolute atomic E-state index is 0.449. The van der Waals surface area contributed by atoms with Crippen LogP contribution in [0.15, 0.2) is 24.3 Å². The van der Waals surface area contributed by atoms with Crippen molar-refractivity contribution < 1.29 is 4.74 Å². The number of nitrogens with one attached hydrogen (secondary N) is 1. The molecule has 0 heterocycles. The van der Waals surface area contributed by atoms with E-state index in [0.29, 0.717) is 11.8 Å². The summed E-state index contributed by atoms with van der Waals surface area (Å²) in [4.78, 5) is 0. The van der Waals surface area contributed by atoms with Crippen LogP contribution in [-0.4, -0.2) is 26.3 Å². The van der Waals surface area contributed by atoms with Crippen LogP contribution in [0.25, 0.3) is 0 Å².